The Morgan fingerprint density at radius 3 is 2.36 bits per heavy atom. The zero-order valence-electron chi connectivity index (χ0n) is 19.1. The highest BCUT2D eigenvalue weighted by atomic mass is 35.5. The Morgan fingerprint density at radius 2 is 1.78 bits per heavy atom. The number of carbonyl (C=O) groups is 3. The number of anilines is 1. The maximum absolute atomic E-state index is 12.7. The molecule has 0 atom stereocenters. The summed E-state index contributed by atoms with van der Waals surface area (Å²) in [6.07, 6.45) is -2.01. The molecular formula is C23H25ClF3N5O4. The Labute approximate surface area is 210 Å². The van der Waals surface area contributed by atoms with E-state index in [1.165, 1.54) is 0 Å². The van der Waals surface area contributed by atoms with Gasteiger partial charge in [-0.15, -0.1) is 0 Å². The first kappa shape index (κ1) is 27.2. The van der Waals surface area contributed by atoms with Crippen LogP contribution < -0.4 is 15.5 Å². The van der Waals surface area contributed by atoms with Gasteiger partial charge in [0.15, 0.2) is 0 Å². The minimum absolute atomic E-state index is 0.112. The number of benzene rings is 1. The number of nitrogens with zero attached hydrogens (tertiary/aromatic N) is 3. The van der Waals surface area contributed by atoms with E-state index in [1.807, 2.05) is 30.3 Å². The molecule has 4 rings (SSSR count). The third kappa shape index (κ3) is 6.43. The van der Waals surface area contributed by atoms with E-state index in [-0.39, 0.29) is 17.0 Å². The van der Waals surface area contributed by atoms with Gasteiger partial charge in [-0.3, -0.25) is 9.59 Å². The number of pyridine rings is 1. The molecule has 1 aromatic carbocycles. The van der Waals surface area contributed by atoms with Gasteiger partial charge in [0.1, 0.15) is 10.7 Å². The van der Waals surface area contributed by atoms with Crippen LogP contribution in [0.15, 0.2) is 48.7 Å². The number of piperidine rings is 1. The summed E-state index contributed by atoms with van der Waals surface area (Å²) in [6.45, 7) is 3.41. The van der Waals surface area contributed by atoms with Gasteiger partial charge in [0.25, 0.3) is 5.91 Å². The highest BCUT2D eigenvalue weighted by Gasteiger charge is 2.50. The number of halogens is 4. The molecule has 2 amide bonds. The number of alkyl halides is 3. The van der Waals surface area contributed by atoms with Crippen molar-refractivity contribution in [3.8, 4) is 0 Å². The lowest BCUT2D eigenvalue weighted by atomic mass is 9.85. The first-order valence-corrected chi connectivity index (χ1v) is 11.4. The largest absolute Gasteiger partial charge is 0.490 e. The summed E-state index contributed by atoms with van der Waals surface area (Å²) in [5, 5.41) is 13.2. The Hall–Kier alpha value is -3.38. The number of likely N-dealkylation sites (tertiary alicyclic amines) is 1. The van der Waals surface area contributed by atoms with E-state index in [2.05, 4.69) is 25.4 Å². The maximum atomic E-state index is 12.7. The van der Waals surface area contributed by atoms with Crippen LogP contribution in [0.5, 0.6) is 0 Å². The second-order valence-corrected chi connectivity index (χ2v) is 8.56. The highest BCUT2D eigenvalue weighted by molar-refractivity contribution is 6.32. The molecule has 13 heteroatoms. The SMILES string of the molecule is O=C(NCCN1CCC2(CC1)C(=O)NCN2c1ccccc1)c1cccnc1Cl.O=C(O)C(F)(F)F. The summed E-state index contributed by atoms with van der Waals surface area (Å²) in [6, 6.07) is 13.4. The van der Waals surface area contributed by atoms with Crippen LogP contribution in [0, 0.1) is 0 Å². The smallest absolute Gasteiger partial charge is 0.475 e. The van der Waals surface area contributed by atoms with Gasteiger partial charge in [0, 0.05) is 38.1 Å². The van der Waals surface area contributed by atoms with E-state index in [4.69, 9.17) is 21.5 Å². The number of rotatable bonds is 5. The summed E-state index contributed by atoms with van der Waals surface area (Å²) in [5.74, 6) is -2.87. The van der Waals surface area contributed by atoms with Crippen molar-refractivity contribution in [1.29, 1.82) is 0 Å². The molecule has 1 spiro atoms. The Kier molecular flexibility index (Phi) is 8.75. The molecule has 194 valence electrons. The number of aromatic nitrogens is 1. The van der Waals surface area contributed by atoms with Crippen LogP contribution in [0.4, 0.5) is 18.9 Å². The molecule has 3 N–H and O–H groups in total. The lowest BCUT2D eigenvalue weighted by Gasteiger charge is -2.43. The van der Waals surface area contributed by atoms with Gasteiger partial charge in [-0.2, -0.15) is 13.2 Å². The molecule has 0 saturated carbocycles. The minimum Gasteiger partial charge on any atom is -0.475 e. The van der Waals surface area contributed by atoms with Gasteiger partial charge in [0.2, 0.25) is 5.91 Å². The fourth-order valence-corrected chi connectivity index (χ4v) is 4.36. The molecule has 3 heterocycles. The molecule has 2 fully saturated rings. The van der Waals surface area contributed by atoms with Crippen LogP contribution in [0.3, 0.4) is 0 Å². The van der Waals surface area contributed by atoms with Crippen molar-refractivity contribution in [2.75, 3.05) is 37.7 Å². The zero-order chi connectivity index (χ0) is 26.3. The quantitative estimate of drug-likeness (QED) is 0.512. The van der Waals surface area contributed by atoms with Crippen molar-refractivity contribution in [2.45, 2.75) is 24.6 Å². The average Bonchev–Trinajstić information content (AvgIpc) is 3.16. The molecule has 0 bridgehead atoms. The molecule has 9 nitrogen and oxygen atoms in total. The summed E-state index contributed by atoms with van der Waals surface area (Å²) in [7, 11) is 0. The average molecular weight is 528 g/mol. The van der Waals surface area contributed by atoms with Crippen LogP contribution in [-0.2, 0) is 9.59 Å². The van der Waals surface area contributed by atoms with Crippen LogP contribution in [0.2, 0.25) is 5.15 Å². The lowest BCUT2D eigenvalue weighted by molar-refractivity contribution is -0.192. The number of carbonyl (C=O) groups excluding carboxylic acids is 2. The number of nitrogens with one attached hydrogen (secondary N) is 2. The summed E-state index contributed by atoms with van der Waals surface area (Å²) >= 11 is 5.97. The number of hydrogen-bond donors (Lipinski definition) is 3. The molecule has 2 saturated heterocycles. The van der Waals surface area contributed by atoms with Gasteiger partial charge in [-0.25, -0.2) is 9.78 Å². The predicted molar refractivity (Wildman–Crippen MR) is 126 cm³/mol. The predicted octanol–water partition coefficient (Wildman–Crippen LogP) is 2.53. The lowest BCUT2D eigenvalue weighted by Crippen LogP contribution is -2.57. The van der Waals surface area contributed by atoms with Gasteiger partial charge < -0.3 is 25.5 Å². The second-order valence-electron chi connectivity index (χ2n) is 8.20. The van der Waals surface area contributed by atoms with Crippen molar-refractivity contribution in [3.63, 3.8) is 0 Å². The monoisotopic (exact) mass is 527 g/mol. The van der Waals surface area contributed by atoms with Gasteiger partial charge >= 0.3 is 12.1 Å². The third-order valence-corrected chi connectivity index (χ3v) is 6.35. The number of amides is 2. The first-order valence-electron chi connectivity index (χ1n) is 11.1. The van der Waals surface area contributed by atoms with E-state index in [1.54, 1.807) is 18.3 Å². The zero-order valence-corrected chi connectivity index (χ0v) is 19.8. The standard InChI is InChI=1S/C21H24ClN5O2.C2HF3O2/c22-18-17(7-4-10-23-18)19(28)24-11-14-26-12-8-21(9-13-26)20(29)25-15-27(21)16-5-2-1-3-6-16;3-2(4,5)1(6)7/h1-7,10H,8-9,11-15H2,(H,24,28)(H,25,29);(H,6,7). The number of aliphatic carboxylic acids is 1. The van der Waals surface area contributed by atoms with E-state index in [9.17, 15) is 22.8 Å². The summed E-state index contributed by atoms with van der Waals surface area (Å²) in [5.41, 5.74) is 0.970. The van der Waals surface area contributed by atoms with E-state index in [0.717, 1.165) is 38.2 Å². The number of para-hydroxylation sites is 1. The van der Waals surface area contributed by atoms with Crippen molar-refractivity contribution < 1.29 is 32.7 Å². The van der Waals surface area contributed by atoms with E-state index in [0.29, 0.717) is 18.8 Å². The Bertz CT molecular complexity index is 1080. The fourth-order valence-electron chi connectivity index (χ4n) is 4.16. The van der Waals surface area contributed by atoms with Crippen molar-refractivity contribution in [1.82, 2.24) is 20.5 Å². The van der Waals surface area contributed by atoms with Gasteiger partial charge in [-0.05, 0) is 37.1 Å². The van der Waals surface area contributed by atoms with Gasteiger partial charge in [-0.1, -0.05) is 29.8 Å². The summed E-state index contributed by atoms with van der Waals surface area (Å²) in [4.78, 5) is 42.2. The van der Waals surface area contributed by atoms with Crippen LogP contribution in [0.25, 0.3) is 0 Å². The maximum Gasteiger partial charge on any atom is 0.490 e. The molecule has 36 heavy (non-hydrogen) atoms. The molecule has 2 aliphatic rings. The molecular weight excluding hydrogens is 503 g/mol. The molecule has 0 aliphatic carbocycles. The fraction of sp³-hybridized carbons (Fsp3) is 0.391. The van der Waals surface area contributed by atoms with E-state index < -0.39 is 17.7 Å². The highest BCUT2D eigenvalue weighted by Crippen LogP contribution is 2.36. The minimum atomic E-state index is -5.08. The number of carboxylic acids is 1. The van der Waals surface area contributed by atoms with Crippen molar-refractivity contribution in [3.05, 3.63) is 59.4 Å². The molecule has 2 aliphatic heterocycles. The number of carboxylic acid groups (broad SMARTS) is 1. The Balaban J connectivity index is 0.000000454. The normalized spacial score (nSPS) is 17.2. The molecule has 1 aromatic heterocycles. The molecule has 0 unspecified atom stereocenters. The van der Waals surface area contributed by atoms with Crippen LogP contribution in [-0.4, -0.2) is 77.3 Å². The van der Waals surface area contributed by atoms with Crippen LogP contribution in [0.1, 0.15) is 23.2 Å². The van der Waals surface area contributed by atoms with Crippen molar-refractivity contribution in [2.24, 2.45) is 0 Å². The Morgan fingerprint density at radius 1 is 1.14 bits per heavy atom. The molecule has 0 radical (unpaired) electrons. The third-order valence-electron chi connectivity index (χ3n) is 6.05. The first-order chi connectivity index (χ1) is 17.0. The second kappa shape index (κ2) is 11.6. The molecule has 2 aromatic rings. The van der Waals surface area contributed by atoms with E-state index >= 15 is 0 Å². The van der Waals surface area contributed by atoms with Crippen molar-refractivity contribution >= 4 is 35.1 Å². The van der Waals surface area contributed by atoms with Gasteiger partial charge in [0.05, 0.1) is 12.2 Å². The van der Waals surface area contributed by atoms with Crippen LogP contribution >= 0.6 is 11.6 Å². The number of hydrogen-bond acceptors (Lipinski definition) is 6. The summed E-state index contributed by atoms with van der Waals surface area (Å²) < 4.78 is 31.7. The topological polar surface area (TPSA) is 115 Å².